The summed E-state index contributed by atoms with van der Waals surface area (Å²) in [5.74, 6) is -0.0612. The van der Waals surface area contributed by atoms with Crippen LogP contribution in [0.15, 0.2) is 40.1 Å². The molecule has 1 unspecified atom stereocenters. The molecule has 2 aliphatic heterocycles. The van der Waals surface area contributed by atoms with Gasteiger partial charge in [0, 0.05) is 11.3 Å². The van der Waals surface area contributed by atoms with Crippen molar-refractivity contribution in [2.75, 3.05) is 6.54 Å². The molecule has 0 aromatic carbocycles. The van der Waals surface area contributed by atoms with Gasteiger partial charge < -0.3 is 5.32 Å². The standard InChI is InChI=1S/C22H24N4O3S2/c1-14-6-8-22(9-7-14)20(28)25(21(29)23-22)13-19(27)26-16(18-5-3-11-31-18)12-15(24-26)17-4-2-10-30-17/h2-5,10-11,14,16H,6-9,12-13H2,1H3,(H,23,29). The Balaban J connectivity index is 1.37. The summed E-state index contributed by atoms with van der Waals surface area (Å²) in [6, 6.07) is 7.22. The third-order valence-electron chi connectivity index (χ3n) is 6.51. The minimum atomic E-state index is -0.840. The van der Waals surface area contributed by atoms with Crippen LogP contribution >= 0.6 is 22.7 Å². The van der Waals surface area contributed by atoms with Gasteiger partial charge in [-0.3, -0.25) is 14.5 Å². The number of carbonyl (C=O) groups is 3. The summed E-state index contributed by atoms with van der Waals surface area (Å²) in [6.07, 6.45) is 3.68. The molecule has 4 heterocycles. The van der Waals surface area contributed by atoms with Gasteiger partial charge in [0.2, 0.25) is 0 Å². The number of hydrazone groups is 1. The summed E-state index contributed by atoms with van der Waals surface area (Å²) in [5.41, 5.74) is 0.0182. The van der Waals surface area contributed by atoms with Gasteiger partial charge >= 0.3 is 6.03 Å². The van der Waals surface area contributed by atoms with E-state index >= 15 is 0 Å². The molecule has 5 rings (SSSR count). The quantitative estimate of drug-likeness (QED) is 0.707. The Morgan fingerprint density at radius 1 is 1.19 bits per heavy atom. The number of nitrogens with zero attached hydrogens (tertiary/aromatic N) is 3. The molecule has 1 saturated heterocycles. The number of thiophene rings is 2. The lowest BCUT2D eigenvalue weighted by Gasteiger charge is -2.33. The second-order valence-corrected chi connectivity index (χ2v) is 10.5. The third-order valence-corrected chi connectivity index (χ3v) is 8.40. The van der Waals surface area contributed by atoms with Crippen LogP contribution in [-0.2, 0) is 9.59 Å². The Morgan fingerprint density at radius 2 is 1.94 bits per heavy atom. The van der Waals surface area contributed by atoms with E-state index < -0.39 is 11.6 Å². The number of carbonyl (C=O) groups excluding carboxylic acids is 3. The predicted octanol–water partition coefficient (Wildman–Crippen LogP) is 3.99. The Labute approximate surface area is 188 Å². The van der Waals surface area contributed by atoms with E-state index in [4.69, 9.17) is 0 Å². The zero-order valence-electron chi connectivity index (χ0n) is 17.2. The van der Waals surface area contributed by atoms with Crippen molar-refractivity contribution < 1.29 is 14.4 Å². The lowest BCUT2D eigenvalue weighted by atomic mass is 9.77. The fraction of sp³-hybridized carbons (Fsp3) is 0.455. The molecule has 1 saturated carbocycles. The van der Waals surface area contributed by atoms with Crippen LogP contribution in [-0.4, -0.2) is 45.5 Å². The highest BCUT2D eigenvalue weighted by Crippen LogP contribution is 2.38. The first kappa shape index (κ1) is 20.4. The Bertz CT molecular complexity index is 1020. The molecule has 1 N–H and O–H groups in total. The fourth-order valence-electron chi connectivity index (χ4n) is 4.66. The topological polar surface area (TPSA) is 82.1 Å². The summed E-state index contributed by atoms with van der Waals surface area (Å²) in [5, 5.41) is 12.9. The smallest absolute Gasteiger partial charge is 0.323 e. The summed E-state index contributed by atoms with van der Waals surface area (Å²) in [4.78, 5) is 42.2. The number of urea groups is 1. The normalized spacial score (nSPS) is 28.4. The molecule has 2 aromatic rings. The van der Waals surface area contributed by atoms with Crippen LogP contribution in [0.2, 0.25) is 0 Å². The Kier molecular flexibility index (Phi) is 5.18. The van der Waals surface area contributed by atoms with Gasteiger partial charge in [0.05, 0.1) is 16.6 Å². The molecule has 7 nitrogen and oxygen atoms in total. The van der Waals surface area contributed by atoms with E-state index in [1.807, 2.05) is 35.0 Å². The predicted molar refractivity (Wildman–Crippen MR) is 120 cm³/mol. The monoisotopic (exact) mass is 456 g/mol. The molecular formula is C22H24N4O3S2. The second kappa shape index (κ2) is 7.87. The molecule has 1 atom stereocenters. The summed E-state index contributed by atoms with van der Waals surface area (Å²) in [6.45, 7) is 1.88. The zero-order chi connectivity index (χ0) is 21.6. The van der Waals surface area contributed by atoms with E-state index in [9.17, 15) is 14.4 Å². The molecule has 9 heteroatoms. The summed E-state index contributed by atoms with van der Waals surface area (Å²) >= 11 is 3.17. The highest BCUT2D eigenvalue weighted by atomic mass is 32.1. The molecule has 0 bridgehead atoms. The van der Waals surface area contributed by atoms with Crippen LogP contribution in [0, 0.1) is 5.92 Å². The van der Waals surface area contributed by atoms with E-state index in [0.717, 1.165) is 33.2 Å². The van der Waals surface area contributed by atoms with E-state index in [0.29, 0.717) is 25.2 Å². The van der Waals surface area contributed by atoms with Crippen molar-refractivity contribution in [2.24, 2.45) is 11.0 Å². The molecule has 2 aromatic heterocycles. The fourth-order valence-corrected chi connectivity index (χ4v) is 6.19. The SMILES string of the molecule is CC1CCC2(CC1)NC(=O)N(CC(=O)N1N=C(c3cccs3)CC1c1cccs1)C2=O. The lowest BCUT2D eigenvalue weighted by Crippen LogP contribution is -2.49. The van der Waals surface area contributed by atoms with Crippen molar-refractivity contribution in [1.29, 1.82) is 0 Å². The molecule has 4 amide bonds. The second-order valence-electron chi connectivity index (χ2n) is 8.58. The number of amides is 4. The molecule has 3 aliphatic rings. The summed E-state index contributed by atoms with van der Waals surface area (Å²) in [7, 11) is 0. The average Bonchev–Trinajstić information content (AvgIpc) is 3.54. The minimum Gasteiger partial charge on any atom is -0.323 e. The molecule has 1 spiro atoms. The van der Waals surface area contributed by atoms with E-state index in [1.54, 1.807) is 22.7 Å². The molecule has 1 aliphatic carbocycles. The van der Waals surface area contributed by atoms with Gasteiger partial charge in [-0.05, 0) is 54.5 Å². The molecule has 2 fully saturated rings. The molecule has 0 radical (unpaired) electrons. The van der Waals surface area contributed by atoms with Crippen molar-refractivity contribution in [3.8, 4) is 0 Å². The van der Waals surface area contributed by atoms with Gasteiger partial charge in [0.1, 0.15) is 12.1 Å². The van der Waals surface area contributed by atoms with Crippen molar-refractivity contribution in [3.05, 3.63) is 44.8 Å². The van der Waals surface area contributed by atoms with Gasteiger partial charge in [-0.2, -0.15) is 5.10 Å². The van der Waals surface area contributed by atoms with Crippen molar-refractivity contribution in [3.63, 3.8) is 0 Å². The number of rotatable bonds is 4. The van der Waals surface area contributed by atoms with Gasteiger partial charge in [0.25, 0.3) is 11.8 Å². The van der Waals surface area contributed by atoms with Crippen molar-refractivity contribution >= 4 is 46.2 Å². The number of hydrogen-bond acceptors (Lipinski definition) is 6. The molecule has 162 valence electrons. The number of imide groups is 1. The van der Waals surface area contributed by atoms with Crippen LogP contribution < -0.4 is 5.32 Å². The highest BCUT2D eigenvalue weighted by molar-refractivity contribution is 7.12. The van der Waals surface area contributed by atoms with Crippen LogP contribution in [0.25, 0.3) is 0 Å². The number of hydrogen-bond donors (Lipinski definition) is 1. The first-order valence-electron chi connectivity index (χ1n) is 10.6. The Hall–Kier alpha value is -2.52. The number of nitrogens with one attached hydrogen (secondary N) is 1. The first-order valence-corrected chi connectivity index (χ1v) is 12.3. The lowest BCUT2D eigenvalue weighted by molar-refractivity contribution is -0.140. The zero-order valence-corrected chi connectivity index (χ0v) is 18.9. The highest BCUT2D eigenvalue weighted by Gasteiger charge is 2.53. The third kappa shape index (κ3) is 3.59. The van der Waals surface area contributed by atoms with Crippen molar-refractivity contribution in [1.82, 2.24) is 15.2 Å². The van der Waals surface area contributed by atoms with Gasteiger partial charge in [-0.15, -0.1) is 22.7 Å². The Morgan fingerprint density at radius 3 is 2.61 bits per heavy atom. The van der Waals surface area contributed by atoms with Crippen LogP contribution in [0.4, 0.5) is 4.79 Å². The van der Waals surface area contributed by atoms with E-state index in [-0.39, 0.29) is 24.4 Å². The van der Waals surface area contributed by atoms with Crippen molar-refractivity contribution in [2.45, 2.75) is 50.6 Å². The maximum atomic E-state index is 13.3. The van der Waals surface area contributed by atoms with E-state index in [2.05, 4.69) is 17.3 Å². The first-order chi connectivity index (χ1) is 15.0. The minimum absolute atomic E-state index is 0.213. The van der Waals surface area contributed by atoms with E-state index in [1.165, 1.54) is 5.01 Å². The van der Waals surface area contributed by atoms with Gasteiger partial charge in [-0.1, -0.05) is 19.1 Å². The van der Waals surface area contributed by atoms with Gasteiger partial charge in [-0.25, -0.2) is 9.80 Å². The van der Waals surface area contributed by atoms with Crippen LogP contribution in [0.5, 0.6) is 0 Å². The van der Waals surface area contributed by atoms with Crippen LogP contribution in [0.1, 0.15) is 54.8 Å². The summed E-state index contributed by atoms with van der Waals surface area (Å²) < 4.78 is 0. The van der Waals surface area contributed by atoms with Crippen LogP contribution in [0.3, 0.4) is 0 Å². The molecular weight excluding hydrogens is 432 g/mol. The average molecular weight is 457 g/mol. The maximum Gasteiger partial charge on any atom is 0.325 e. The maximum absolute atomic E-state index is 13.3. The largest absolute Gasteiger partial charge is 0.325 e. The van der Waals surface area contributed by atoms with Gasteiger partial charge in [0.15, 0.2) is 0 Å². The molecule has 31 heavy (non-hydrogen) atoms.